The van der Waals surface area contributed by atoms with Crippen LogP contribution in [0.3, 0.4) is 0 Å². The number of phenols is 1. The van der Waals surface area contributed by atoms with Gasteiger partial charge in [-0.1, -0.05) is 0 Å². The van der Waals surface area contributed by atoms with E-state index in [1.165, 1.54) is 36.2 Å². The molecule has 0 fully saturated rings. The Bertz CT molecular complexity index is 432. The van der Waals surface area contributed by atoms with Crippen LogP contribution in [0.15, 0.2) is 24.3 Å². The first-order valence-electron chi connectivity index (χ1n) is 5.13. The smallest absolute Gasteiger partial charge is 0.334 e. The molecule has 0 aromatic heterocycles. The van der Waals surface area contributed by atoms with Gasteiger partial charge in [0.2, 0.25) is 0 Å². The van der Waals surface area contributed by atoms with Gasteiger partial charge >= 0.3 is 12.0 Å². The maximum atomic E-state index is 11.6. The van der Waals surface area contributed by atoms with E-state index in [4.69, 9.17) is 15.3 Å². The minimum absolute atomic E-state index is 0.0776. The lowest BCUT2D eigenvalue weighted by Gasteiger charge is -2.18. The molecule has 0 heterocycles. The SMILES string of the molecule is CN(C(=O)NC[C@H](O)C(=O)O)c1ccc(O)cc1. The summed E-state index contributed by atoms with van der Waals surface area (Å²) < 4.78 is 0. The standard InChI is InChI=1S/C11H14N2O5/c1-13(7-2-4-8(14)5-3-7)11(18)12-6-9(15)10(16)17/h2-5,9,14-15H,6H2,1H3,(H,12,18)(H,16,17)/t9-/m0/s1. The van der Waals surface area contributed by atoms with Crippen molar-refractivity contribution in [3.63, 3.8) is 0 Å². The Balaban J connectivity index is 2.56. The maximum Gasteiger partial charge on any atom is 0.334 e. The molecule has 0 aliphatic heterocycles. The van der Waals surface area contributed by atoms with Gasteiger partial charge in [-0.05, 0) is 24.3 Å². The summed E-state index contributed by atoms with van der Waals surface area (Å²) in [5, 5.41) is 28.8. The first-order valence-corrected chi connectivity index (χ1v) is 5.13. The number of carbonyl (C=O) groups is 2. The fourth-order valence-corrected chi connectivity index (χ4v) is 1.18. The second-order valence-electron chi connectivity index (χ2n) is 3.62. The third kappa shape index (κ3) is 3.63. The molecule has 0 saturated carbocycles. The van der Waals surface area contributed by atoms with Gasteiger partial charge in [0, 0.05) is 12.7 Å². The van der Waals surface area contributed by atoms with Gasteiger partial charge in [-0.3, -0.25) is 4.90 Å². The van der Waals surface area contributed by atoms with Crippen molar-refractivity contribution in [2.75, 3.05) is 18.5 Å². The fraction of sp³-hybridized carbons (Fsp3) is 0.273. The van der Waals surface area contributed by atoms with Crippen LogP contribution in [0.4, 0.5) is 10.5 Å². The Morgan fingerprint density at radius 1 is 1.33 bits per heavy atom. The second-order valence-corrected chi connectivity index (χ2v) is 3.62. The highest BCUT2D eigenvalue weighted by atomic mass is 16.4. The van der Waals surface area contributed by atoms with Crippen molar-refractivity contribution in [2.24, 2.45) is 0 Å². The summed E-state index contributed by atoms with van der Waals surface area (Å²) >= 11 is 0. The zero-order valence-corrected chi connectivity index (χ0v) is 9.70. The van der Waals surface area contributed by atoms with Gasteiger partial charge in [-0.15, -0.1) is 0 Å². The second kappa shape index (κ2) is 5.87. The average Bonchev–Trinajstić information content (AvgIpc) is 2.35. The molecule has 98 valence electrons. The summed E-state index contributed by atoms with van der Waals surface area (Å²) in [7, 11) is 1.48. The Kier molecular flexibility index (Phi) is 4.50. The van der Waals surface area contributed by atoms with Crippen LogP contribution in [-0.2, 0) is 4.79 Å². The molecule has 1 aromatic rings. The highest BCUT2D eigenvalue weighted by Crippen LogP contribution is 2.16. The predicted octanol–water partition coefficient (Wildman–Crippen LogP) is -0.0165. The van der Waals surface area contributed by atoms with E-state index in [1.54, 1.807) is 0 Å². The summed E-state index contributed by atoms with van der Waals surface area (Å²) in [5.41, 5.74) is 0.523. The van der Waals surface area contributed by atoms with Crippen molar-refractivity contribution >= 4 is 17.7 Å². The van der Waals surface area contributed by atoms with Crippen molar-refractivity contribution in [1.82, 2.24) is 5.32 Å². The monoisotopic (exact) mass is 254 g/mol. The van der Waals surface area contributed by atoms with Crippen molar-refractivity contribution in [1.29, 1.82) is 0 Å². The summed E-state index contributed by atoms with van der Waals surface area (Å²) in [4.78, 5) is 23.2. The Morgan fingerprint density at radius 3 is 2.39 bits per heavy atom. The van der Waals surface area contributed by atoms with Crippen LogP contribution in [0.5, 0.6) is 5.75 Å². The third-order valence-corrected chi connectivity index (χ3v) is 2.27. The molecule has 0 unspecified atom stereocenters. The van der Waals surface area contributed by atoms with Gasteiger partial charge in [0.05, 0.1) is 6.54 Å². The van der Waals surface area contributed by atoms with E-state index in [1.807, 2.05) is 0 Å². The molecule has 4 N–H and O–H groups in total. The molecule has 1 aromatic carbocycles. The predicted molar refractivity (Wildman–Crippen MR) is 63.6 cm³/mol. The molecule has 0 spiro atoms. The number of phenolic OH excluding ortho intramolecular Hbond substituents is 1. The van der Waals surface area contributed by atoms with E-state index in [9.17, 15) is 9.59 Å². The summed E-state index contributed by atoms with van der Waals surface area (Å²) in [6.07, 6.45) is -1.64. The fourth-order valence-electron chi connectivity index (χ4n) is 1.18. The van der Waals surface area contributed by atoms with Gasteiger partial charge in [-0.2, -0.15) is 0 Å². The summed E-state index contributed by atoms with van der Waals surface area (Å²) in [5.74, 6) is -1.32. The van der Waals surface area contributed by atoms with E-state index in [2.05, 4.69) is 5.32 Å². The molecule has 2 amide bonds. The number of nitrogens with one attached hydrogen (secondary N) is 1. The summed E-state index contributed by atoms with van der Waals surface area (Å²) in [6.45, 7) is -0.378. The number of aliphatic hydroxyl groups is 1. The molecule has 1 rings (SSSR count). The number of nitrogens with zero attached hydrogens (tertiary/aromatic N) is 1. The number of aliphatic carboxylic acids is 1. The van der Waals surface area contributed by atoms with Crippen LogP contribution in [0.25, 0.3) is 0 Å². The number of aromatic hydroxyl groups is 1. The lowest BCUT2D eigenvalue weighted by molar-refractivity contribution is -0.146. The number of rotatable bonds is 4. The van der Waals surface area contributed by atoms with Gasteiger partial charge in [0.25, 0.3) is 0 Å². The molecule has 18 heavy (non-hydrogen) atoms. The van der Waals surface area contributed by atoms with E-state index < -0.39 is 18.1 Å². The van der Waals surface area contributed by atoms with Crippen LogP contribution in [-0.4, -0.2) is 47.0 Å². The molecule has 1 atom stereocenters. The number of carbonyl (C=O) groups excluding carboxylic acids is 1. The number of anilines is 1. The number of aliphatic hydroxyl groups excluding tert-OH is 1. The minimum Gasteiger partial charge on any atom is -0.508 e. The van der Waals surface area contributed by atoms with Gasteiger partial charge < -0.3 is 20.6 Å². The third-order valence-electron chi connectivity index (χ3n) is 2.27. The number of hydrogen-bond acceptors (Lipinski definition) is 4. The van der Waals surface area contributed by atoms with Crippen molar-refractivity contribution in [3.05, 3.63) is 24.3 Å². The summed E-state index contributed by atoms with van der Waals surface area (Å²) in [6, 6.07) is 5.35. The maximum absolute atomic E-state index is 11.6. The molecule has 7 heteroatoms. The number of hydrogen-bond donors (Lipinski definition) is 4. The molecule has 0 radical (unpaired) electrons. The highest BCUT2D eigenvalue weighted by Gasteiger charge is 2.16. The lowest BCUT2D eigenvalue weighted by atomic mass is 10.3. The first kappa shape index (κ1) is 13.8. The van der Waals surface area contributed by atoms with Crippen LogP contribution in [0.1, 0.15) is 0 Å². The average molecular weight is 254 g/mol. The molecular weight excluding hydrogens is 240 g/mol. The van der Waals surface area contributed by atoms with Crippen molar-refractivity contribution in [2.45, 2.75) is 6.10 Å². The number of amides is 2. The molecular formula is C11H14N2O5. The highest BCUT2D eigenvalue weighted by molar-refractivity contribution is 5.91. The zero-order chi connectivity index (χ0) is 13.7. The van der Waals surface area contributed by atoms with Crippen LogP contribution in [0.2, 0.25) is 0 Å². The van der Waals surface area contributed by atoms with Crippen molar-refractivity contribution in [3.8, 4) is 5.75 Å². The number of carboxylic acid groups (broad SMARTS) is 1. The van der Waals surface area contributed by atoms with Crippen LogP contribution < -0.4 is 10.2 Å². The lowest BCUT2D eigenvalue weighted by Crippen LogP contribution is -2.43. The number of benzene rings is 1. The zero-order valence-electron chi connectivity index (χ0n) is 9.70. The molecule has 0 saturated heterocycles. The van der Waals surface area contributed by atoms with Gasteiger partial charge in [-0.25, -0.2) is 9.59 Å². The van der Waals surface area contributed by atoms with Crippen LogP contribution in [0, 0.1) is 0 Å². The number of urea groups is 1. The minimum atomic E-state index is -1.64. The van der Waals surface area contributed by atoms with Gasteiger partial charge in [0.15, 0.2) is 6.10 Å². The van der Waals surface area contributed by atoms with Crippen molar-refractivity contribution < 1.29 is 24.9 Å². The molecule has 7 nitrogen and oxygen atoms in total. The van der Waals surface area contributed by atoms with E-state index in [-0.39, 0.29) is 12.3 Å². The number of carboxylic acids is 1. The van der Waals surface area contributed by atoms with E-state index >= 15 is 0 Å². The topological polar surface area (TPSA) is 110 Å². The molecule has 0 aliphatic rings. The van der Waals surface area contributed by atoms with E-state index in [0.29, 0.717) is 5.69 Å². The van der Waals surface area contributed by atoms with E-state index in [0.717, 1.165) is 0 Å². The Morgan fingerprint density at radius 2 is 1.89 bits per heavy atom. The van der Waals surface area contributed by atoms with Gasteiger partial charge in [0.1, 0.15) is 5.75 Å². The largest absolute Gasteiger partial charge is 0.508 e. The molecule has 0 bridgehead atoms. The normalized spacial score (nSPS) is 11.7. The first-order chi connectivity index (χ1) is 8.41. The van der Waals surface area contributed by atoms with Crippen LogP contribution >= 0.6 is 0 Å². The Hall–Kier alpha value is -2.28. The Labute approximate surface area is 103 Å². The quantitative estimate of drug-likeness (QED) is 0.603. The molecule has 0 aliphatic carbocycles.